The lowest BCUT2D eigenvalue weighted by Gasteiger charge is -2.18. The Hall–Kier alpha value is -6.71. The Balaban J connectivity index is 1.09. The van der Waals surface area contributed by atoms with E-state index in [1.165, 1.54) is 77.0 Å². The van der Waals surface area contributed by atoms with Gasteiger partial charge in [-0.1, -0.05) is 131 Å². The highest BCUT2D eigenvalue weighted by molar-refractivity contribution is 6.10. The zero-order chi connectivity index (χ0) is 37.9. The normalized spacial score (nSPS) is 11.9. The first-order valence-corrected chi connectivity index (χ1v) is 19.8. The van der Waals surface area contributed by atoms with E-state index >= 15 is 0 Å². The number of nitrogens with zero attached hydrogens (tertiary/aromatic N) is 3. The summed E-state index contributed by atoms with van der Waals surface area (Å²) in [5.41, 5.74) is 16.8. The van der Waals surface area contributed by atoms with Crippen molar-refractivity contribution >= 4 is 43.6 Å². The van der Waals surface area contributed by atoms with E-state index in [0.717, 1.165) is 22.6 Å². The molecular formula is C53H43N3. The van der Waals surface area contributed by atoms with Crippen LogP contribution in [0.5, 0.6) is 0 Å². The minimum absolute atomic E-state index is 0.355. The molecule has 0 aliphatic rings. The lowest BCUT2D eigenvalue weighted by Crippen LogP contribution is -1.99. The largest absolute Gasteiger partial charge is 0.309 e. The molecule has 0 N–H and O–H groups in total. The topological polar surface area (TPSA) is 22.8 Å². The average Bonchev–Trinajstić information content (AvgIpc) is 3.76. The fraction of sp³-hybridized carbons (Fsp3) is 0.113. The Kier molecular flexibility index (Phi) is 8.18. The van der Waals surface area contributed by atoms with Crippen molar-refractivity contribution in [2.24, 2.45) is 0 Å². The van der Waals surface area contributed by atoms with Crippen LogP contribution in [0.2, 0.25) is 0 Å². The van der Waals surface area contributed by atoms with Gasteiger partial charge in [0.25, 0.3) is 0 Å². The van der Waals surface area contributed by atoms with Gasteiger partial charge in [-0.05, 0) is 112 Å². The molecule has 10 aromatic rings. The van der Waals surface area contributed by atoms with Crippen molar-refractivity contribution in [2.45, 2.75) is 39.5 Å². The third-order valence-corrected chi connectivity index (χ3v) is 11.5. The molecule has 10 rings (SSSR count). The first kappa shape index (κ1) is 33.8. The number of para-hydroxylation sites is 4. The molecular weight excluding hydrogens is 679 g/mol. The van der Waals surface area contributed by atoms with Crippen molar-refractivity contribution in [2.75, 3.05) is 0 Å². The standard InChI is InChI=1S/C53H43N3/c1-34(2)41-26-24-39(55-50-20-9-5-16-43(50)44-17-6-10-21-51(44)55)32-47(41)36-14-13-15-38(30-36)49-31-37(28-29-54-49)48-33-40(25-27-42(48)35(3)4)56-52-22-11-7-18-45(52)46-19-8-12-23-53(46)56/h5-35H,1-4H3. The number of hydrogen-bond donors (Lipinski definition) is 0. The number of fused-ring (bicyclic) bond motifs is 6. The van der Waals surface area contributed by atoms with E-state index in [9.17, 15) is 0 Å². The Bertz CT molecular complexity index is 2780. The molecule has 0 aliphatic carbocycles. The minimum atomic E-state index is 0.355. The van der Waals surface area contributed by atoms with Crippen LogP contribution in [0.15, 0.2) is 176 Å². The van der Waals surface area contributed by atoms with Gasteiger partial charge in [-0.15, -0.1) is 0 Å². The summed E-state index contributed by atoms with van der Waals surface area (Å²) < 4.78 is 4.82. The predicted octanol–water partition coefficient (Wildman–Crippen LogP) is 14.5. The second kappa shape index (κ2) is 13.5. The van der Waals surface area contributed by atoms with Gasteiger partial charge in [0.1, 0.15) is 0 Å². The molecule has 56 heavy (non-hydrogen) atoms. The quantitative estimate of drug-likeness (QED) is 0.161. The summed E-state index contributed by atoms with van der Waals surface area (Å²) in [4.78, 5) is 4.97. The molecule has 0 bridgehead atoms. The molecule has 0 amide bonds. The highest BCUT2D eigenvalue weighted by Crippen LogP contribution is 2.39. The number of aromatic nitrogens is 3. The summed E-state index contributed by atoms with van der Waals surface area (Å²) in [7, 11) is 0. The predicted molar refractivity (Wildman–Crippen MR) is 237 cm³/mol. The second-order valence-corrected chi connectivity index (χ2v) is 15.6. The van der Waals surface area contributed by atoms with Gasteiger partial charge in [0, 0.05) is 44.7 Å². The molecule has 0 spiro atoms. The maximum absolute atomic E-state index is 4.97. The number of hydrogen-bond acceptors (Lipinski definition) is 1. The van der Waals surface area contributed by atoms with Crippen LogP contribution >= 0.6 is 0 Å². The van der Waals surface area contributed by atoms with Crippen molar-refractivity contribution in [1.82, 2.24) is 14.1 Å². The molecule has 0 unspecified atom stereocenters. The van der Waals surface area contributed by atoms with E-state index in [-0.39, 0.29) is 0 Å². The first-order chi connectivity index (χ1) is 27.4. The number of benzene rings is 7. The monoisotopic (exact) mass is 721 g/mol. The summed E-state index contributed by atoms with van der Waals surface area (Å²) in [6, 6.07) is 62.2. The zero-order valence-electron chi connectivity index (χ0n) is 32.2. The van der Waals surface area contributed by atoms with Gasteiger partial charge in [0.2, 0.25) is 0 Å². The van der Waals surface area contributed by atoms with Crippen molar-refractivity contribution in [1.29, 1.82) is 0 Å². The zero-order valence-corrected chi connectivity index (χ0v) is 32.2. The molecule has 0 aliphatic heterocycles. The van der Waals surface area contributed by atoms with Crippen LogP contribution in [0.4, 0.5) is 0 Å². The van der Waals surface area contributed by atoms with Gasteiger partial charge < -0.3 is 9.13 Å². The van der Waals surface area contributed by atoms with Crippen molar-refractivity contribution in [3.8, 4) is 44.9 Å². The Morgan fingerprint density at radius 3 is 1.23 bits per heavy atom. The summed E-state index contributed by atoms with van der Waals surface area (Å²) in [5.74, 6) is 0.715. The van der Waals surface area contributed by atoms with Crippen LogP contribution in [0.3, 0.4) is 0 Å². The summed E-state index contributed by atoms with van der Waals surface area (Å²) in [5, 5.41) is 5.08. The van der Waals surface area contributed by atoms with Gasteiger partial charge in [0.15, 0.2) is 0 Å². The summed E-state index contributed by atoms with van der Waals surface area (Å²) >= 11 is 0. The second-order valence-electron chi connectivity index (χ2n) is 15.6. The van der Waals surface area contributed by atoms with Crippen molar-refractivity contribution < 1.29 is 0 Å². The highest BCUT2D eigenvalue weighted by Gasteiger charge is 2.18. The van der Waals surface area contributed by atoms with Crippen LogP contribution < -0.4 is 0 Å². The Morgan fingerprint density at radius 1 is 0.375 bits per heavy atom. The number of rotatable bonds is 7. The third kappa shape index (κ3) is 5.54. The van der Waals surface area contributed by atoms with E-state index in [1.807, 2.05) is 6.20 Å². The number of pyridine rings is 1. The SMILES string of the molecule is CC(C)c1ccc(-n2c3ccccc3c3ccccc32)cc1-c1cccc(-c2cc(-c3cc(-n4c5ccccc5c5ccccc54)ccc3C(C)C)ccn2)c1. The first-order valence-electron chi connectivity index (χ1n) is 19.8. The fourth-order valence-electron chi connectivity index (χ4n) is 8.88. The smallest absolute Gasteiger partial charge is 0.0708 e. The van der Waals surface area contributed by atoms with Crippen LogP contribution in [-0.4, -0.2) is 14.1 Å². The lowest BCUT2D eigenvalue weighted by molar-refractivity contribution is 0.868. The maximum atomic E-state index is 4.97. The van der Waals surface area contributed by atoms with Crippen LogP contribution in [0, 0.1) is 0 Å². The molecule has 270 valence electrons. The van der Waals surface area contributed by atoms with Crippen LogP contribution in [-0.2, 0) is 0 Å². The molecule has 3 aromatic heterocycles. The molecule has 0 saturated carbocycles. The van der Waals surface area contributed by atoms with Crippen molar-refractivity contribution in [3.05, 3.63) is 187 Å². The molecule has 7 aromatic carbocycles. The van der Waals surface area contributed by atoms with Gasteiger partial charge in [-0.2, -0.15) is 0 Å². The van der Waals surface area contributed by atoms with Gasteiger partial charge in [-0.25, -0.2) is 0 Å². The Labute approximate surface area is 328 Å². The molecule has 0 radical (unpaired) electrons. The summed E-state index contributed by atoms with van der Waals surface area (Å²) in [6.45, 7) is 9.13. The molecule has 3 nitrogen and oxygen atoms in total. The van der Waals surface area contributed by atoms with E-state index in [0.29, 0.717) is 11.8 Å². The average molecular weight is 722 g/mol. The summed E-state index contributed by atoms with van der Waals surface area (Å²) in [6.07, 6.45) is 1.97. The minimum Gasteiger partial charge on any atom is -0.309 e. The molecule has 0 fully saturated rings. The van der Waals surface area contributed by atoms with E-state index in [2.05, 4.69) is 207 Å². The third-order valence-electron chi connectivity index (χ3n) is 11.5. The van der Waals surface area contributed by atoms with Gasteiger partial charge in [0.05, 0.1) is 27.8 Å². The lowest BCUT2D eigenvalue weighted by atomic mass is 9.90. The maximum Gasteiger partial charge on any atom is 0.0708 e. The van der Waals surface area contributed by atoms with Gasteiger partial charge >= 0.3 is 0 Å². The van der Waals surface area contributed by atoms with Gasteiger partial charge in [-0.3, -0.25) is 4.98 Å². The van der Waals surface area contributed by atoms with Crippen LogP contribution in [0.25, 0.3) is 88.5 Å². The Morgan fingerprint density at radius 2 is 0.786 bits per heavy atom. The molecule has 0 saturated heterocycles. The van der Waals surface area contributed by atoms with Crippen molar-refractivity contribution in [3.63, 3.8) is 0 Å². The molecule has 3 heterocycles. The molecule has 3 heteroatoms. The molecule has 0 atom stereocenters. The van der Waals surface area contributed by atoms with Crippen LogP contribution in [0.1, 0.15) is 50.7 Å². The van der Waals surface area contributed by atoms with E-state index in [1.54, 1.807) is 0 Å². The van der Waals surface area contributed by atoms with E-state index < -0.39 is 0 Å². The van der Waals surface area contributed by atoms with E-state index in [4.69, 9.17) is 4.98 Å². The fourth-order valence-corrected chi connectivity index (χ4v) is 8.88. The highest BCUT2D eigenvalue weighted by atomic mass is 15.0.